The van der Waals surface area contributed by atoms with Crippen LogP contribution in [0.5, 0.6) is 0 Å². The molecule has 1 aromatic heterocycles. The summed E-state index contributed by atoms with van der Waals surface area (Å²) in [4.78, 5) is 5.81. The van der Waals surface area contributed by atoms with Crippen molar-refractivity contribution >= 4 is 17.4 Å². The van der Waals surface area contributed by atoms with Gasteiger partial charge in [-0.3, -0.25) is 4.90 Å². The Morgan fingerprint density at radius 1 is 1.17 bits per heavy atom. The lowest BCUT2D eigenvalue weighted by atomic mass is 10.4. The molecule has 0 aliphatic carbocycles. The van der Waals surface area contributed by atoms with Gasteiger partial charge in [-0.25, -0.2) is 0 Å². The highest BCUT2D eigenvalue weighted by molar-refractivity contribution is 7.98. The fourth-order valence-corrected chi connectivity index (χ4v) is 2.94. The first kappa shape index (κ1) is 15.3. The van der Waals surface area contributed by atoms with E-state index in [1.54, 1.807) is 0 Å². The molecule has 0 aliphatic rings. The summed E-state index contributed by atoms with van der Waals surface area (Å²) >= 11 is 1.94. The minimum absolute atomic E-state index is 0.478. The number of aromatic nitrogens is 1. The van der Waals surface area contributed by atoms with E-state index >= 15 is 0 Å². The van der Waals surface area contributed by atoms with E-state index in [-0.39, 0.29) is 0 Å². The number of nitrogens with zero attached hydrogens (tertiary/aromatic N) is 3. The number of quaternary nitrogens is 1. The van der Waals surface area contributed by atoms with Crippen molar-refractivity contribution in [2.75, 3.05) is 47.2 Å². The monoisotopic (exact) mass is 270 g/mol. The predicted octanol–water partition coefficient (Wildman–Crippen LogP) is -0.279. The van der Waals surface area contributed by atoms with Crippen LogP contribution in [0.4, 0.5) is 5.69 Å². The molecule has 0 fully saturated rings. The number of rotatable bonds is 6. The summed E-state index contributed by atoms with van der Waals surface area (Å²) < 4.78 is 2.22. The van der Waals surface area contributed by atoms with Crippen LogP contribution in [0.25, 0.3) is 0 Å². The summed E-state index contributed by atoms with van der Waals surface area (Å²) in [6.07, 6.45) is 4.28. The lowest BCUT2D eigenvalue weighted by Gasteiger charge is -2.25. The first-order valence-corrected chi connectivity index (χ1v) is 7.21. The standard InChI is InChI=1S/C13H25N4S/c1-14(2)12-7-9-17(10-8-12)11-18-13(15(3)4)16(5)6/h7-10,13H,11H2,1-6H3/q+1/p+1. The molecule has 1 N–H and O–H groups in total. The summed E-state index contributed by atoms with van der Waals surface area (Å²) in [5.41, 5.74) is 1.71. The van der Waals surface area contributed by atoms with Gasteiger partial charge in [-0.05, 0) is 25.9 Å². The van der Waals surface area contributed by atoms with E-state index in [1.165, 1.54) is 10.6 Å². The zero-order valence-corrected chi connectivity index (χ0v) is 13.2. The van der Waals surface area contributed by atoms with Crippen molar-refractivity contribution in [3.8, 4) is 0 Å². The summed E-state index contributed by atoms with van der Waals surface area (Å²) in [6, 6.07) is 4.29. The van der Waals surface area contributed by atoms with Gasteiger partial charge in [0.05, 0.1) is 14.1 Å². The Labute approximate surface area is 115 Å². The fourth-order valence-electron chi connectivity index (χ4n) is 1.82. The molecule has 1 atom stereocenters. The number of hydrogen-bond donors (Lipinski definition) is 1. The van der Waals surface area contributed by atoms with Crippen LogP contribution >= 0.6 is 11.8 Å². The van der Waals surface area contributed by atoms with Gasteiger partial charge in [0.2, 0.25) is 5.88 Å². The molecule has 1 rings (SSSR count). The van der Waals surface area contributed by atoms with Crippen LogP contribution in [0, 0.1) is 0 Å². The normalized spacial score (nSPS) is 13.1. The Kier molecular flexibility index (Phi) is 5.91. The molecule has 0 aromatic carbocycles. The highest BCUT2D eigenvalue weighted by Crippen LogP contribution is 2.09. The van der Waals surface area contributed by atoms with Gasteiger partial charge in [-0.15, -0.1) is 0 Å². The number of nitrogens with one attached hydrogen (secondary N) is 1. The van der Waals surface area contributed by atoms with Gasteiger partial charge in [-0.2, -0.15) is 4.57 Å². The third-order valence-corrected chi connectivity index (χ3v) is 4.39. The second-order valence-corrected chi connectivity index (χ2v) is 6.19. The molecule has 0 saturated heterocycles. The predicted molar refractivity (Wildman–Crippen MR) is 78.8 cm³/mol. The van der Waals surface area contributed by atoms with Crippen LogP contribution in [0.3, 0.4) is 0 Å². The summed E-state index contributed by atoms with van der Waals surface area (Å²) in [7, 11) is 12.8. The van der Waals surface area contributed by atoms with E-state index in [0.717, 1.165) is 5.88 Å². The third-order valence-electron chi connectivity index (χ3n) is 2.73. The molecular weight excluding hydrogens is 244 g/mol. The molecular formula is C13H26N4S+2. The van der Waals surface area contributed by atoms with Crippen molar-refractivity contribution in [1.82, 2.24) is 4.90 Å². The molecule has 102 valence electrons. The lowest BCUT2D eigenvalue weighted by molar-refractivity contribution is -0.881. The van der Waals surface area contributed by atoms with E-state index in [1.807, 2.05) is 11.8 Å². The fraction of sp³-hybridized carbons (Fsp3) is 0.615. The largest absolute Gasteiger partial charge is 0.377 e. The second-order valence-electron chi connectivity index (χ2n) is 5.15. The van der Waals surface area contributed by atoms with Crippen LogP contribution in [-0.2, 0) is 5.88 Å². The molecule has 18 heavy (non-hydrogen) atoms. The van der Waals surface area contributed by atoms with Gasteiger partial charge in [0, 0.05) is 31.9 Å². The first-order valence-electron chi connectivity index (χ1n) is 6.16. The highest BCUT2D eigenvalue weighted by Gasteiger charge is 2.20. The molecule has 1 heterocycles. The molecule has 0 aliphatic heterocycles. The summed E-state index contributed by atoms with van der Waals surface area (Å²) in [6.45, 7) is 0. The van der Waals surface area contributed by atoms with Gasteiger partial charge in [0.15, 0.2) is 17.9 Å². The van der Waals surface area contributed by atoms with E-state index < -0.39 is 0 Å². The van der Waals surface area contributed by atoms with Crippen molar-refractivity contribution < 1.29 is 9.47 Å². The maximum absolute atomic E-state index is 2.26. The maximum atomic E-state index is 2.26. The Bertz CT molecular complexity index is 341. The van der Waals surface area contributed by atoms with Gasteiger partial charge in [0.1, 0.15) is 0 Å². The molecule has 5 heteroatoms. The Morgan fingerprint density at radius 2 is 1.72 bits per heavy atom. The van der Waals surface area contributed by atoms with Crippen molar-refractivity contribution in [2.45, 2.75) is 11.4 Å². The van der Waals surface area contributed by atoms with Crippen molar-refractivity contribution in [3.63, 3.8) is 0 Å². The Hall–Kier alpha value is -0.780. The van der Waals surface area contributed by atoms with Crippen molar-refractivity contribution in [2.24, 2.45) is 0 Å². The minimum Gasteiger partial charge on any atom is -0.377 e. The molecule has 0 amide bonds. The average molecular weight is 270 g/mol. The van der Waals surface area contributed by atoms with Crippen LogP contribution in [0.2, 0.25) is 0 Å². The highest BCUT2D eigenvalue weighted by atomic mass is 32.2. The molecule has 0 saturated carbocycles. The zero-order chi connectivity index (χ0) is 13.7. The number of hydrogen-bond acceptors (Lipinski definition) is 3. The van der Waals surface area contributed by atoms with Crippen LogP contribution in [0.15, 0.2) is 24.5 Å². The Morgan fingerprint density at radius 3 is 2.11 bits per heavy atom. The average Bonchev–Trinajstić information content (AvgIpc) is 2.28. The number of pyridine rings is 1. The van der Waals surface area contributed by atoms with Crippen LogP contribution in [-0.4, -0.2) is 52.7 Å². The van der Waals surface area contributed by atoms with Crippen molar-refractivity contribution in [3.05, 3.63) is 24.5 Å². The van der Waals surface area contributed by atoms with E-state index in [4.69, 9.17) is 0 Å². The lowest BCUT2D eigenvalue weighted by Crippen LogP contribution is -3.11. The Balaban J connectivity index is 2.57. The smallest absolute Gasteiger partial charge is 0.201 e. The van der Waals surface area contributed by atoms with Gasteiger partial charge >= 0.3 is 0 Å². The molecule has 0 spiro atoms. The van der Waals surface area contributed by atoms with E-state index in [2.05, 4.69) is 81.2 Å². The minimum atomic E-state index is 0.478. The maximum Gasteiger partial charge on any atom is 0.201 e. The third kappa shape index (κ3) is 4.48. The van der Waals surface area contributed by atoms with Crippen molar-refractivity contribution in [1.29, 1.82) is 0 Å². The SMILES string of the molecule is CN(C)c1cc[n+](CSC(N(C)C)[NH+](C)C)cc1. The zero-order valence-electron chi connectivity index (χ0n) is 12.3. The second kappa shape index (κ2) is 6.97. The quantitative estimate of drug-likeness (QED) is 0.565. The topological polar surface area (TPSA) is 14.8 Å². The summed E-state index contributed by atoms with van der Waals surface area (Å²) in [5.74, 6) is 0.974. The van der Waals surface area contributed by atoms with Gasteiger partial charge < -0.3 is 9.80 Å². The molecule has 1 unspecified atom stereocenters. The summed E-state index contributed by atoms with van der Waals surface area (Å²) in [5, 5.41) is 0. The number of thioether (sulfide) groups is 1. The van der Waals surface area contributed by atoms with E-state index in [0.29, 0.717) is 5.50 Å². The molecule has 0 bridgehead atoms. The molecule has 1 aromatic rings. The molecule has 0 radical (unpaired) electrons. The van der Waals surface area contributed by atoms with Gasteiger partial charge in [0.25, 0.3) is 0 Å². The van der Waals surface area contributed by atoms with Gasteiger partial charge in [-0.1, -0.05) is 0 Å². The first-order chi connectivity index (χ1) is 8.41. The molecule has 4 nitrogen and oxygen atoms in total. The van der Waals surface area contributed by atoms with Crippen LogP contribution in [0.1, 0.15) is 0 Å². The van der Waals surface area contributed by atoms with E-state index in [9.17, 15) is 0 Å². The number of anilines is 1. The van der Waals surface area contributed by atoms with Crippen LogP contribution < -0.4 is 14.4 Å².